The number of nitrogens with one attached hydrogen (secondary N) is 2. The third-order valence-corrected chi connectivity index (χ3v) is 4.79. The van der Waals surface area contributed by atoms with Gasteiger partial charge in [0.15, 0.2) is 0 Å². The van der Waals surface area contributed by atoms with Gasteiger partial charge in [-0.25, -0.2) is 9.18 Å². The Bertz CT molecular complexity index is 1020. The van der Waals surface area contributed by atoms with E-state index in [1.807, 2.05) is 0 Å². The van der Waals surface area contributed by atoms with E-state index in [-0.39, 0.29) is 24.5 Å². The number of Topliss-reactive ketones (excluding diaryl/α,β-unsaturated/α-hetero) is 1. The van der Waals surface area contributed by atoms with Crippen LogP contribution in [0.1, 0.15) is 52.3 Å². The number of aromatic nitrogens is 1. The highest BCUT2D eigenvalue weighted by Gasteiger charge is 2.27. The Morgan fingerprint density at radius 3 is 2.65 bits per heavy atom. The highest BCUT2D eigenvalue weighted by atomic mass is 19.1. The van der Waals surface area contributed by atoms with Crippen LogP contribution in [-0.4, -0.2) is 28.4 Å². The number of carbonyl (C=O) groups is 3. The van der Waals surface area contributed by atoms with Crippen LogP contribution in [0.15, 0.2) is 36.5 Å². The fraction of sp³-hybridized carbons (Fsp3) is 0.391. The second-order valence-electron chi connectivity index (χ2n) is 8.70. The topological polar surface area (TPSA) is 97.4 Å². The van der Waals surface area contributed by atoms with Gasteiger partial charge in [-0.3, -0.25) is 14.6 Å². The van der Waals surface area contributed by atoms with Gasteiger partial charge in [-0.2, -0.15) is 0 Å². The van der Waals surface area contributed by atoms with Crippen molar-refractivity contribution in [3.8, 4) is 11.1 Å². The number of rotatable bonds is 1. The lowest BCUT2D eigenvalue weighted by Crippen LogP contribution is -2.36. The summed E-state index contributed by atoms with van der Waals surface area (Å²) in [6.07, 6.45) is 0.781. The number of amides is 2. The molecule has 3 rings (SSSR count). The van der Waals surface area contributed by atoms with E-state index in [0.29, 0.717) is 22.5 Å². The summed E-state index contributed by atoms with van der Waals surface area (Å²) in [6.45, 7) is 6.87. The van der Waals surface area contributed by atoms with Crippen molar-refractivity contribution < 1.29 is 23.5 Å². The van der Waals surface area contributed by atoms with Gasteiger partial charge in [-0.1, -0.05) is 6.92 Å². The van der Waals surface area contributed by atoms with Crippen molar-refractivity contribution in [2.24, 2.45) is 5.92 Å². The minimum Gasteiger partial charge on any atom is -0.444 e. The SMILES string of the molecule is CC1CC(=O)CC(NC(=O)OC(C)(C)C)c2cc(ccn2)-c2cc(F)ccc2NC1=O. The number of fused-ring (bicyclic) bond motifs is 4. The van der Waals surface area contributed by atoms with Gasteiger partial charge in [0.1, 0.15) is 17.2 Å². The molecular formula is C23H26FN3O4. The summed E-state index contributed by atoms with van der Waals surface area (Å²) in [6, 6.07) is 6.66. The first-order valence-corrected chi connectivity index (χ1v) is 10.1. The Balaban J connectivity index is 2.06. The molecule has 2 N–H and O–H groups in total. The molecule has 2 aromatic rings. The first-order valence-electron chi connectivity index (χ1n) is 10.1. The number of hydrogen-bond acceptors (Lipinski definition) is 5. The van der Waals surface area contributed by atoms with Crippen LogP contribution >= 0.6 is 0 Å². The van der Waals surface area contributed by atoms with E-state index < -0.39 is 29.5 Å². The highest BCUT2D eigenvalue weighted by molar-refractivity contribution is 5.98. The fourth-order valence-electron chi connectivity index (χ4n) is 3.35. The first-order chi connectivity index (χ1) is 14.5. The zero-order valence-corrected chi connectivity index (χ0v) is 18.0. The Morgan fingerprint density at radius 2 is 1.94 bits per heavy atom. The highest BCUT2D eigenvalue weighted by Crippen LogP contribution is 2.32. The Labute approximate surface area is 180 Å². The molecule has 2 atom stereocenters. The van der Waals surface area contributed by atoms with Crippen molar-refractivity contribution in [1.29, 1.82) is 0 Å². The molecule has 164 valence electrons. The molecular weight excluding hydrogens is 401 g/mol. The number of hydrogen-bond donors (Lipinski definition) is 2. The summed E-state index contributed by atoms with van der Waals surface area (Å²) < 4.78 is 19.3. The molecule has 0 radical (unpaired) electrons. The zero-order chi connectivity index (χ0) is 22.8. The van der Waals surface area contributed by atoms with Gasteiger partial charge in [-0.05, 0) is 56.7 Å². The molecule has 0 aliphatic carbocycles. The summed E-state index contributed by atoms with van der Waals surface area (Å²) in [4.78, 5) is 42.0. The van der Waals surface area contributed by atoms with Gasteiger partial charge < -0.3 is 15.4 Å². The molecule has 0 fully saturated rings. The Hall–Kier alpha value is -3.29. The molecule has 1 aromatic carbocycles. The average Bonchev–Trinajstić information content (AvgIpc) is 2.66. The quantitative estimate of drug-likeness (QED) is 0.703. The number of halogens is 1. The molecule has 1 aliphatic heterocycles. The predicted octanol–water partition coefficient (Wildman–Crippen LogP) is 4.39. The molecule has 2 unspecified atom stereocenters. The maximum absolute atomic E-state index is 14.0. The normalized spacial score (nSPS) is 19.4. The summed E-state index contributed by atoms with van der Waals surface area (Å²) >= 11 is 0. The minimum absolute atomic E-state index is 0.00541. The fourth-order valence-corrected chi connectivity index (χ4v) is 3.35. The lowest BCUT2D eigenvalue weighted by atomic mass is 9.95. The number of nitrogens with zero attached hydrogens (tertiary/aromatic N) is 1. The summed E-state index contributed by atoms with van der Waals surface area (Å²) in [5, 5.41) is 5.49. The zero-order valence-electron chi connectivity index (χ0n) is 18.0. The summed E-state index contributed by atoms with van der Waals surface area (Å²) in [5.74, 6) is -1.59. The molecule has 0 saturated heterocycles. The molecule has 0 spiro atoms. The summed E-state index contributed by atoms with van der Waals surface area (Å²) in [5.41, 5.74) is 1.23. The lowest BCUT2D eigenvalue weighted by molar-refractivity contribution is -0.126. The van der Waals surface area contributed by atoms with Crippen LogP contribution in [-0.2, 0) is 14.3 Å². The third kappa shape index (κ3) is 5.87. The Morgan fingerprint density at radius 1 is 1.19 bits per heavy atom. The van der Waals surface area contributed by atoms with Gasteiger partial charge in [-0.15, -0.1) is 0 Å². The lowest BCUT2D eigenvalue weighted by Gasteiger charge is -2.24. The van der Waals surface area contributed by atoms with Crippen molar-refractivity contribution in [2.45, 2.75) is 52.2 Å². The van der Waals surface area contributed by atoms with Crippen LogP contribution in [0.4, 0.5) is 14.9 Å². The van der Waals surface area contributed by atoms with Crippen molar-refractivity contribution >= 4 is 23.5 Å². The van der Waals surface area contributed by atoms with E-state index in [0.717, 1.165) is 0 Å². The number of pyridine rings is 1. The standard InChI is InChI=1S/C23H26FN3O4/c1-13-9-16(28)12-20(27-22(30)31-23(2,3)4)19-10-14(7-8-25-19)17-11-15(24)5-6-18(17)26-21(13)29/h5-8,10-11,13,20H,9,12H2,1-4H3,(H,26,29)(H,27,30). The predicted molar refractivity (Wildman–Crippen MR) is 114 cm³/mol. The van der Waals surface area contributed by atoms with E-state index >= 15 is 0 Å². The number of alkyl carbamates (subject to hydrolysis) is 1. The molecule has 1 aromatic heterocycles. The largest absolute Gasteiger partial charge is 0.444 e. The molecule has 2 heterocycles. The summed E-state index contributed by atoms with van der Waals surface area (Å²) in [7, 11) is 0. The third-order valence-electron chi connectivity index (χ3n) is 4.79. The van der Waals surface area contributed by atoms with Gasteiger partial charge in [0.25, 0.3) is 0 Å². The number of carbonyl (C=O) groups excluding carboxylic acids is 3. The van der Waals surface area contributed by atoms with Gasteiger partial charge >= 0.3 is 6.09 Å². The van der Waals surface area contributed by atoms with Crippen molar-refractivity contribution in [3.05, 3.63) is 48.0 Å². The van der Waals surface area contributed by atoms with Gasteiger partial charge in [0.2, 0.25) is 5.91 Å². The van der Waals surface area contributed by atoms with Crippen LogP contribution in [0, 0.1) is 11.7 Å². The van der Waals surface area contributed by atoms with Crippen molar-refractivity contribution in [1.82, 2.24) is 10.3 Å². The number of ketones is 1. The molecule has 2 bridgehead atoms. The molecule has 0 saturated carbocycles. The Kier molecular flexibility index (Phi) is 6.38. The molecule has 31 heavy (non-hydrogen) atoms. The molecule has 1 aliphatic rings. The maximum atomic E-state index is 14.0. The molecule has 2 amide bonds. The van der Waals surface area contributed by atoms with Crippen molar-refractivity contribution in [3.63, 3.8) is 0 Å². The van der Waals surface area contributed by atoms with E-state index in [2.05, 4.69) is 15.6 Å². The molecule has 8 heteroatoms. The number of anilines is 1. The van der Waals surface area contributed by atoms with Gasteiger partial charge in [0.05, 0.1) is 11.7 Å². The number of ether oxygens (including phenoxy) is 1. The van der Waals surface area contributed by atoms with E-state index in [9.17, 15) is 18.8 Å². The second kappa shape index (κ2) is 8.83. The average molecular weight is 427 g/mol. The van der Waals surface area contributed by atoms with Gasteiger partial charge in [0, 0.05) is 36.2 Å². The molecule has 7 nitrogen and oxygen atoms in total. The monoisotopic (exact) mass is 427 g/mol. The second-order valence-corrected chi connectivity index (χ2v) is 8.70. The smallest absolute Gasteiger partial charge is 0.408 e. The van der Waals surface area contributed by atoms with E-state index in [1.54, 1.807) is 39.8 Å². The van der Waals surface area contributed by atoms with Crippen LogP contribution in [0.3, 0.4) is 0 Å². The van der Waals surface area contributed by atoms with Crippen LogP contribution in [0.25, 0.3) is 11.1 Å². The number of benzene rings is 1. The van der Waals surface area contributed by atoms with Crippen LogP contribution in [0.5, 0.6) is 0 Å². The van der Waals surface area contributed by atoms with Crippen LogP contribution in [0.2, 0.25) is 0 Å². The maximum Gasteiger partial charge on any atom is 0.408 e. The van der Waals surface area contributed by atoms with Crippen molar-refractivity contribution in [2.75, 3.05) is 5.32 Å². The van der Waals surface area contributed by atoms with Crippen LogP contribution < -0.4 is 10.6 Å². The first kappa shape index (κ1) is 22.4. The van der Waals surface area contributed by atoms with E-state index in [1.165, 1.54) is 24.4 Å². The minimum atomic E-state index is -0.756. The van der Waals surface area contributed by atoms with E-state index in [4.69, 9.17) is 4.74 Å².